The van der Waals surface area contributed by atoms with Gasteiger partial charge in [-0.1, -0.05) is 46.9 Å². The Morgan fingerprint density at radius 3 is 2.21 bits per heavy atom. The maximum atomic E-state index is 12.0. The number of ether oxygens (including phenoxy) is 1. The fourth-order valence-electron chi connectivity index (χ4n) is 2.58. The average molecular weight is 520 g/mol. The van der Waals surface area contributed by atoms with Gasteiger partial charge in [0.25, 0.3) is 5.91 Å². The highest BCUT2D eigenvalue weighted by molar-refractivity contribution is 6.41. The molecule has 3 aromatic rings. The summed E-state index contributed by atoms with van der Waals surface area (Å²) in [6, 6.07) is 17.8. The lowest BCUT2D eigenvalue weighted by molar-refractivity contribution is -0.136. The summed E-state index contributed by atoms with van der Waals surface area (Å²) >= 11 is 17.7. The Morgan fingerprint density at radius 2 is 1.53 bits per heavy atom. The molecule has 0 saturated carbocycles. The van der Waals surface area contributed by atoms with Crippen LogP contribution in [0.4, 0.5) is 11.4 Å². The zero-order valence-electron chi connectivity index (χ0n) is 17.3. The van der Waals surface area contributed by atoms with Gasteiger partial charge in [-0.25, -0.2) is 5.43 Å². The fraction of sp³-hybridized carbons (Fsp3) is 0.0435. The molecule has 0 atom stereocenters. The predicted octanol–water partition coefficient (Wildman–Crippen LogP) is 4.75. The van der Waals surface area contributed by atoms with Crippen molar-refractivity contribution in [2.45, 2.75) is 0 Å². The molecule has 0 radical (unpaired) electrons. The number of hydrogen-bond acceptors (Lipinski definition) is 5. The number of rotatable bonds is 7. The molecule has 174 valence electrons. The molecule has 0 aliphatic carbocycles. The number of benzene rings is 3. The molecule has 0 aliphatic rings. The highest BCUT2D eigenvalue weighted by Gasteiger charge is 2.14. The van der Waals surface area contributed by atoms with E-state index in [9.17, 15) is 14.4 Å². The number of nitrogens with one attached hydrogen (secondary N) is 3. The molecule has 3 aromatic carbocycles. The molecule has 0 unspecified atom stereocenters. The van der Waals surface area contributed by atoms with Crippen molar-refractivity contribution in [1.82, 2.24) is 5.43 Å². The van der Waals surface area contributed by atoms with Crippen molar-refractivity contribution in [2.24, 2.45) is 5.10 Å². The van der Waals surface area contributed by atoms with E-state index in [2.05, 4.69) is 21.2 Å². The number of hydrazone groups is 1. The van der Waals surface area contributed by atoms with Crippen LogP contribution < -0.4 is 20.8 Å². The molecule has 3 amide bonds. The molecule has 0 saturated heterocycles. The normalized spacial score (nSPS) is 10.6. The van der Waals surface area contributed by atoms with Crippen molar-refractivity contribution in [2.75, 3.05) is 17.2 Å². The Morgan fingerprint density at radius 1 is 0.853 bits per heavy atom. The van der Waals surface area contributed by atoms with Crippen molar-refractivity contribution >= 4 is 70.1 Å². The lowest BCUT2D eigenvalue weighted by Crippen LogP contribution is -2.32. The summed E-state index contributed by atoms with van der Waals surface area (Å²) in [5, 5.41) is 9.88. The molecule has 0 spiro atoms. The number of nitrogens with zero attached hydrogens (tertiary/aromatic N) is 1. The van der Waals surface area contributed by atoms with E-state index in [4.69, 9.17) is 39.5 Å². The Balaban J connectivity index is 1.44. The minimum atomic E-state index is -0.955. The van der Waals surface area contributed by atoms with Crippen molar-refractivity contribution in [3.05, 3.63) is 87.4 Å². The van der Waals surface area contributed by atoms with Crippen molar-refractivity contribution < 1.29 is 19.1 Å². The number of carbonyl (C=O) groups is 3. The number of hydrogen-bond donors (Lipinski definition) is 3. The first-order valence-corrected chi connectivity index (χ1v) is 10.8. The van der Waals surface area contributed by atoms with Crippen LogP contribution in [-0.4, -0.2) is 30.5 Å². The van der Waals surface area contributed by atoms with Gasteiger partial charge in [-0.2, -0.15) is 5.10 Å². The zero-order chi connectivity index (χ0) is 24.5. The van der Waals surface area contributed by atoms with Gasteiger partial charge in [-0.15, -0.1) is 0 Å². The van der Waals surface area contributed by atoms with Gasteiger partial charge in [-0.3, -0.25) is 14.4 Å². The first kappa shape index (κ1) is 25.0. The van der Waals surface area contributed by atoms with E-state index in [-0.39, 0.29) is 12.5 Å². The first-order valence-electron chi connectivity index (χ1n) is 9.68. The van der Waals surface area contributed by atoms with E-state index in [0.29, 0.717) is 37.8 Å². The third-order valence-corrected chi connectivity index (χ3v) is 4.87. The van der Waals surface area contributed by atoms with Gasteiger partial charge >= 0.3 is 11.8 Å². The Labute approximate surface area is 209 Å². The third kappa shape index (κ3) is 7.77. The van der Waals surface area contributed by atoms with E-state index in [1.807, 2.05) is 0 Å². The van der Waals surface area contributed by atoms with E-state index in [0.717, 1.165) is 0 Å². The summed E-state index contributed by atoms with van der Waals surface area (Å²) in [6.45, 7) is -0.228. The second kappa shape index (κ2) is 12.0. The highest BCUT2D eigenvalue weighted by Crippen LogP contribution is 2.22. The van der Waals surface area contributed by atoms with Gasteiger partial charge in [0.15, 0.2) is 6.61 Å². The van der Waals surface area contributed by atoms with E-state index in [1.54, 1.807) is 66.7 Å². The van der Waals surface area contributed by atoms with Gasteiger partial charge in [0.1, 0.15) is 5.75 Å². The standard InChI is InChI=1S/C23H17Cl3N4O4/c24-15-9-16(25)11-17(10-15)28-21(31)13-34-18-7-5-14(6-8-18)12-27-30-23(33)22(32)29-20-4-2-1-3-19(20)26/h1-12H,13H2,(H,28,31)(H,29,32)(H,30,33)/b27-12+. The molecule has 0 bridgehead atoms. The maximum Gasteiger partial charge on any atom is 0.329 e. The van der Waals surface area contributed by atoms with Crippen molar-refractivity contribution in [1.29, 1.82) is 0 Å². The molecule has 0 aromatic heterocycles. The lowest BCUT2D eigenvalue weighted by Gasteiger charge is -2.08. The van der Waals surface area contributed by atoms with Crippen LogP contribution in [0.15, 0.2) is 71.8 Å². The van der Waals surface area contributed by atoms with Gasteiger partial charge in [-0.05, 0) is 60.2 Å². The smallest absolute Gasteiger partial charge is 0.329 e. The molecule has 0 aliphatic heterocycles. The molecule has 8 nitrogen and oxygen atoms in total. The molecule has 3 N–H and O–H groups in total. The Kier molecular flexibility index (Phi) is 8.86. The Hall–Kier alpha value is -3.59. The van der Waals surface area contributed by atoms with Crippen LogP contribution in [0.25, 0.3) is 0 Å². The van der Waals surface area contributed by atoms with Crippen LogP contribution in [0, 0.1) is 0 Å². The summed E-state index contributed by atoms with van der Waals surface area (Å²) in [5.74, 6) is -1.81. The van der Waals surface area contributed by atoms with Gasteiger partial charge in [0.05, 0.1) is 16.9 Å². The summed E-state index contributed by atoms with van der Waals surface area (Å²) in [4.78, 5) is 35.8. The number of anilines is 2. The molecule has 0 heterocycles. The number of amides is 3. The second-order valence-corrected chi connectivity index (χ2v) is 7.98. The predicted molar refractivity (Wildman–Crippen MR) is 133 cm³/mol. The minimum absolute atomic E-state index is 0.228. The van der Waals surface area contributed by atoms with E-state index in [1.165, 1.54) is 6.21 Å². The molecule has 34 heavy (non-hydrogen) atoms. The fourth-order valence-corrected chi connectivity index (χ4v) is 3.29. The zero-order valence-corrected chi connectivity index (χ0v) is 19.6. The van der Waals surface area contributed by atoms with Crippen LogP contribution >= 0.6 is 34.8 Å². The van der Waals surface area contributed by atoms with Crippen molar-refractivity contribution in [3.8, 4) is 5.75 Å². The van der Waals surface area contributed by atoms with Crippen LogP contribution in [-0.2, 0) is 14.4 Å². The quantitative estimate of drug-likeness (QED) is 0.238. The minimum Gasteiger partial charge on any atom is -0.484 e. The van der Waals surface area contributed by atoms with Crippen LogP contribution in [0.3, 0.4) is 0 Å². The van der Waals surface area contributed by atoms with E-state index < -0.39 is 11.8 Å². The summed E-state index contributed by atoms with van der Waals surface area (Å²) in [7, 11) is 0. The monoisotopic (exact) mass is 518 g/mol. The Bertz CT molecular complexity index is 1210. The van der Waals surface area contributed by atoms with E-state index >= 15 is 0 Å². The van der Waals surface area contributed by atoms with Gasteiger partial charge in [0, 0.05) is 15.7 Å². The number of halogens is 3. The topological polar surface area (TPSA) is 109 Å². The summed E-state index contributed by atoms with van der Waals surface area (Å²) in [6.07, 6.45) is 1.35. The average Bonchev–Trinajstić information content (AvgIpc) is 2.79. The lowest BCUT2D eigenvalue weighted by atomic mass is 10.2. The van der Waals surface area contributed by atoms with Crippen molar-refractivity contribution in [3.63, 3.8) is 0 Å². The molecular weight excluding hydrogens is 503 g/mol. The second-order valence-electron chi connectivity index (χ2n) is 6.70. The van der Waals surface area contributed by atoms with Crippen LogP contribution in [0.5, 0.6) is 5.75 Å². The number of carbonyl (C=O) groups excluding carboxylic acids is 3. The molecule has 11 heteroatoms. The molecule has 3 rings (SSSR count). The maximum absolute atomic E-state index is 12.0. The highest BCUT2D eigenvalue weighted by atomic mass is 35.5. The van der Waals surface area contributed by atoms with Gasteiger partial charge in [0.2, 0.25) is 0 Å². The SMILES string of the molecule is O=C(COc1ccc(/C=N/NC(=O)C(=O)Nc2ccccc2Cl)cc1)Nc1cc(Cl)cc(Cl)c1. The van der Waals surface area contributed by atoms with Crippen LogP contribution in [0.2, 0.25) is 15.1 Å². The molecule has 0 fully saturated rings. The van der Waals surface area contributed by atoms with Crippen LogP contribution in [0.1, 0.15) is 5.56 Å². The summed E-state index contributed by atoms with van der Waals surface area (Å²) in [5.41, 5.74) is 3.52. The number of para-hydroxylation sites is 1. The largest absolute Gasteiger partial charge is 0.484 e. The summed E-state index contributed by atoms with van der Waals surface area (Å²) < 4.78 is 5.44. The first-order chi connectivity index (χ1) is 16.3. The third-order valence-electron chi connectivity index (χ3n) is 4.10. The molecular formula is C23H17Cl3N4O4. The van der Waals surface area contributed by atoms with Gasteiger partial charge < -0.3 is 15.4 Å².